The molecule has 0 bridgehead atoms. The fourth-order valence-corrected chi connectivity index (χ4v) is 2.81. The average molecular weight is 307 g/mol. The Balaban J connectivity index is 2.10. The predicted octanol–water partition coefficient (Wildman–Crippen LogP) is 3.03. The van der Waals surface area contributed by atoms with Crippen LogP contribution in [0.15, 0.2) is 29.8 Å². The van der Waals surface area contributed by atoms with Gasteiger partial charge >= 0.3 is 0 Å². The third-order valence-electron chi connectivity index (χ3n) is 3.21. The normalized spacial score (nSPS) is 11.2. The van der Waals surface area contributed by atoms with Gasteiger partial charge in [-0.3, -0.25) is 4.79 Å². The average Bonchev–Trinajstić information content (AvgIpc) is 3.00. The van der Waals surface area contributed by atoms with Crippen molar-refractivity contribution in [3.05, 3.63) is 46.0 Å². The first-order valence-corrected chi connectivity index (χ1v) is 7.47. The highest BCUT2D eigenvalue weighted by molar-refractivity contribution is 7.10. The summed E-state index contributed by atoms with van der Waals surface area (Å²) in [6, 6.07) is 5.21. The highest BCUT2D eigenvalue weighted by Gasteiger charge is 2.23. The number of anilines is 1. The number of pyridine rings is 1. The van der Waals surface area contributed by atoms with Gasteiger partial charge in [-0.1, -0.05) is 19.9 Å². The molecule has 0 unspecified atom stereocenters. The number of halogens is 1. The van der Waals surface area contributed by atoms with Crippen LogP contribution < -0.4 is 10.6 Å². The van der Waals surface area contributed by atoms with E-state index in [1.807, 2.05) is 17.5 Å². The van der Waals surface area contributed by atoms with E-state index in [0.29, 0.717) is 12.4 Å². The lowest BCUT2D eigenvalue weighted by atomic mass is 9.91. The number of carbonyl (C=O) groups is 1. The third kappa shape index (κ3) is 3.58. The van der Waals surface area contributed by atoms with Crippen LogP contribution in [0.4, 0.5) is 10.2 Å². The molecule has 2 aromatic rings. The Morgan fingerprint density at radius 3 is 2.86 bits per heavy atom. The van der Waals surface area contributed by atoms with E-state index >= 15 is 0 Å². The second-order valence-electron chi connectivity index (χ2n) is 5.34. The molecule has 0 saturated carbocycles. The Hall–Kier alpha value is -1.95. The molecule has 0 radical (unpaired) electrons. The lowest BCUT2D eigenvalue weighted by Gasteiger charge is -2.23. The maximum atomic E-state index is 13.3. The van der Waals surface area contributed by atoms with Crippen LogP contribution in [0.25, 0.3) is 0 Å². The summed E-state index contributed by atoms with van der Waals surface area (Å²) in [5.74, 6) is -0.504. The number of aromatic nitrogens is 1. The number of thiophene rings is 1. The predicted molar refractivity (Wildman–Crippen MR) is 83.4 cm³/mol. The van der Waals surface area contributed by atoms with Crippen LogP contribution in [0.5, 0.6) is 0 Å². The summed E-state index contributed by atoms with van der Waals surface area (Å²) in [6.45, 7) is 4.58. The van der Waals surface area contributed by atoms with Crippen LogP contribution in [0.2, 0.25) is 0 Å². The minimum absolute atomic E-state index is 0.176. The maximum absolute atomic E-state index is 13.3. The van der Waals surface area contributed by atoms with Gasteiger partial charge in [-0.05, 0) is 17.5 Å². The molecular formula is C15H18FN3OS. The van der Waals surface area contributed by atoms with E-state index in [0.717, 1.165) is 6.20 Å². The van der Waals surface area contributed by atoms with Crippen molar-refractivity contribution < 1.29 is 9.18 Å². The molecule has 2 rings (SSSR count). The van der Waals surface area contributed by atoms with Gasteiger partial charge in [0.15, 0.2) is 0 Å². The number of nitrogens with zero attached hydrogens (tertiary/aromatic N) is 1. The van der Waals surface area contributed by atoms with Gasteiger partial charge in [0.2, 0.25) is 0 Å². The highest BCUT2D eigenvalue weighted by Crippen LogP contribution is 2.26. The molecule has 1 amide bonds. The van der Waals surface area contributed by atoms with Crippen LogP contribution in [0, 0.1) is 5.82 Å². The molecule has 0 saturated heterocycles. The van der Waals surface area contributed by atoms with Gasteiger partial charge in [-0.2, -0.15) is 0 Å². The van der Waals surface area contributed by atoms with E-state index in [4.69, 9.17) is 0 Å². The highest BCUT2D eigenvalue weighted by atomic mass is 32.1. The fourth-order valence-electron chi connectivity index (χ4n) is 1.96. The van der Waals surface area contributed by atoms with Crippen molar-refractivity contribution in [1.82, 2.24) is 10.3 Å². The zero-order valence-electron chi connectivity index (χ0n) is 12.2. The Morgan fingerprint density at radius 1 is 1.48 bits per heavy atom. The summed E-state index contributed by atoms with van der Waals surface area (Å²) in [7, 11) is 1.65. The quantitative estimate of drug-likeness (QED) is 0.893. The zero-order valence-corrected chi connectivity index (χ0v) is 13.1. The molecule has 0 fully saturated rings. The molecule has 2 aromatic heterocycles. The Morgan fingerprint density at radius 2 is 2.24 bits per heavy atom. The van der Waals surface area contributed by atoms with E-state index in [1.165, 1.54) is 10.9 Å². The van der Waals surface area contributed by atoms with Gasteiger partial charge in [0, 0.05) is 23.9 Å². The van der Waals surface area contributed by atoms with Gasteiger partial charge in [-0.25, -0.2) is 9.37 Å². The third-order valence-corrected chi connectivity index (χ3v) is 4.45. The van der Waals surface area contributed by atoms with Crippen molar-refractivity contribution in [2.24, 2.45) is 0 Å². The number of hydrogen-bond donors (Lipinski definition) is 2. The van der Waals surface area contributed by atoms with E-state index in [9.17, 15) is 9.18 Å². The number of rotatable bonds is 5. The number of nitrogens with one attached hydrogen (secondary N) is 2. The first kappa shape index (κ1) is 15.4. The molecule has 0 atom stereocenters. The van der Waals surface area contributed by atoms with Gasteiger partial charge in [0.05, 0.1) is 11.8 Å². The molecular weight excluding hydrogens is 289 g/mol. The van der Waals surface area contributed by atoms with E-state index < -0.39 is 5.82 Å². The smallest absolute Gasteiger partial charge is 0.255 e. The van der Waals surface area contributed by atoms with Crippen LogP contribution in [0.1, 0.15) is 29.1 Å². The van der Waals surface area contributed by atoms with E-state index in [-0.39, 0.29) is 16.9 Å². The maximum Gasteiger partial charge on any atom is 0.255 e. The molecule has 0 aliphatic heterocycles. The summed E-state index contributed by atoms with van der Waals surface area (Å²) in [6.07, 6.45) is 1.08. The largest absolute Gasteiger partial charge is 0.372 e. The second-order valence-corrected chi connectivity index (χ2v) is 6.29. The zero-order chi connectivity index (χ0) is 15.5. The molecule has 112 valence electrons. The summed E-state index contributed by atoms with van der Waals surface area (Å²) < 4.78 is 13.3. The van der Waals surface area contributed by atoms with E-state index in [2.05, 4.69) is 29.5 Å². The fraction of sp³-hybridized carbons (Fsp3) is 0.333. The van der Waals surface area contributed by atoms with Crippen molar-refractivity contribution in [2.45, 2.75) is 19.3 Å². The van der Waals surface area contributed by atoms with Crippen molar-refractivity contribution in [3.63, 3.8) is 0 Å². The Labute approximate surface area is 127 Å². The van der Waals surface area contributed by atoms with Gasteiger partial charge in [-0.15, -0.1) is 11.3 Å². The first-order chi connectivity index (χ1) is 9.94. The minimum Gasteiger partial charge on any atom is -0.372 e. The molecule has 2 N–H and O–H groups in total. The lowest BCUT2D eigenvalue weighted by Crippen LogP contribution is -2.36. The number of hydrogen-bond acceptors (Lipinski definition) is 4. The molecule has 2 heterocycles. The summed E-state index contributed by atoms with van der Waals surface area (Å²) >= 11 is 1.65. The summed E-state index contributed by atoms with van der Waals surface area (Å²) in [5.41, 5.74) is 0.0316. The van der Waals surface area contributed by atoms with Crippen LogP contribution in [-0.2, 0) is 5.41 Å². The molecule has 0 spiro atoms. The van der Waals surface area contributed by atoms with Crippen LogP contribution in [0.3, 0.4) is 0 Å². The van der Waals surface area contributed by atoms with Crippen molar-refractivity contribution >= 4 is 23.1 Å². The molecule has 4 nitrogen and oxygen atoms in total. The topological polar surface area (TPSA) is 54.0 Å². The summed E-state index contributed by atoms with van der Waals surface area (Å²) in [5, 5.41) is 7.65. The molecule has 0 aromatic carbocycles. The number of amides is 1. The van der Waals surface area contributed by atoms with Crippen molar-refractivity contribution in [3.8, 4) is 0 Å². The Kier molecular flexibility index (Phi) is 4.57. The standard InChI is InChI=1S/C15H18FN3OS/c1-15(2,12-5-4-6-21-12)9-19-14(20)11-7-10(16)8-18-13(11)17-3/h4-8H,9H2,1-3H3,(H,17,18)(H,19,20). The lowest BCUT2D eigenvalue weighted by molar-refractivity contribution is 0.0946. The minimum atomic E-state index is -0.531. The van der Waals surface area contributed by atoms with Gasteiger partial charge in [0.25, 0.3) is 5.91 Å². The van der Waals surface area contributed by atoms with Crippen LogP contribution in [-0.4, -0.2) is 24.5 Å². The molecule has 0 aliphatic rings. The molecule has 21 heavy (non-hydrogen) atoms. The summed E-state index contributed by atoms with van der Waals surface area (Å²) in [4.78, 5) is 17.3. The van der Waals surface area contributed by atoms with Crippen molar-refractivity contribution in [1.29, 1.82) is 0 Å². The first-order valence-electron chi connectivity index (χ1n) is 6.59. The van der Waals surface area contributed by atoms with Crippen LogP contribution >= 0.6 is 11.3 Å². The second kappa shape index (κ2) is 6.22. The molecule has 0 aliphatic carbocycles. The van der Waals surface area contributed by atoms with Gasteiger partial charge < -0.3 is 10.6 Å². The van der Waals surface area contributed by atoms with Gasteiger partial charge in [0.1, 0.15) is 11.6 Å². The van der Waals surface area contributed by atoms with E-state index in [1.54, 1.807) is 18.4 Å². The monoisotopic (exact) mass is 307 g/mol. The SMILES string of the molecule is CNc1ncc(F)cc1C(=O)NCC(C)(C)c1cccs1. The van der Waals surface area contributed by atoms with Crippen molar-refractivity contribution in [2.75, 3.05) is 18.9 Å². The Bertz CT molecular complexity index is 626. The number of carbonyl (C=O) groups excluding carboxylic acids is 1. The molecule has 6 heteroatoms.